The van der Waals surface area contributed by atoms with Crippen LogP contribution in [0, 0.1) is 0 Å². The molecule has 0 aromatic carbocycles. The molecule has 2 rings (SSSR count). The van der Waals surface area contributed by atoms with Crippen molar-refractivity contribution in [3.05, 3.63) is 17.8 Å². The molecule has 1 unspecified atom stereocenters. The van der Waals surface area contributed by atoms with Crippen molar-refractivity contribution in [3.8, 4) is 0 Å². The Bertz CT molecular complexity index is 476. The maximum absolute atomic E-state index is 11.2. The zero-order valence-corrected chi connectivity index (χ0v) is 11.5. The monoisotopic (exact) mass is 263 g/mol. The molecule has 1 saturated heterocycles. The Balaban J connectivity index is 2.22. The standard InChI is InChI=1S/C13H21N5O/c1-3-17-6-7-18(8-9(17)2)13-10(14)4-5-11(16-13)12(15)19/h4-5,9H,3,6-8,14H2,1-2H3,(H2,15,19). The van der Waals surface area contributed by atoms with Gasteiger partial charge in [0.15, 0.2) is 5.82 Å². The number of nitrogens with zero attached hydrogens (tertiary/aromatic N) is 3. The van der Waals surface area contributed by atoms with Crippen LogP contribution in [0.15, 0.2) is 12.1 Å². The van der Waals surface area contributed by atoms with Gasteiger partial charge in [-0.1, -0.05) is 6.92 Å². The number of anilines is 2. The summed E-state index contributed by atoms with van der Waals surface area (Å²) in [7, 11) is 0. The Morgan fingerprint density at radius 1 is 1.47 bits per heavy atom. The highest BCUT2D eigenvalue weighted by atomic mass is 16.1. The van der Waals surface area contributed by atoms with E-state index in [9.17, 15) is 4.79 Å². The average Bonchev–Trinajstić information content (AvgIpc) is 2.38. The quantitative estimate of drug-likeness (QED) is 0.818. The maximum Gasteiger partial charge on any atom is 0.267 e. The second kappa shape index (κ2) is 5.44. The lowest BCUT2D eigenvalue weighted by Gasteiger charge is -2.40. The molecule has 1 aliphatic rings. The molecule has 1 fully saturated rings. The fraction of sp³-hybridized carbons (Fsp3) is 0.538. The van der Waals surface area contributed by atoms with Gasteiger partial charge in [0.05, 0.1) is 5.69 Å². The van der Waals surface area contributed by atoms with Gasteiger partial charge in [-0.25, -0.2) is 4.98 Å². The van der Waals surface area contributed by atoms with Gasteiger partial charge in [0.2, 0.25) is 0 Å². The van der Waals surface area contributed by atoms with Crippen LogP contribution in [0.1, 0.15) is 24.3 Å². The summed E-state index contributed by atoms with van der Waals surface area (Å²) in [5.41, 5.74) is 12.1. The number of pyridine rings is 1. The first-order valence-corrected chi connectivity index (χ1v) is 6.58. The molecule has 1 amide bonds. The number of carbonyl (C=O) groups is 1. The zero-order chi connectivity index (χ0) is 14.0. The number of rotatable bonds is 3. The van der Waals surface area contributed by atoms with Crippen molar-refractivity contribution in [2.45, 2.75) is 19.9 Å². The molecule has 1 aromatic rings. The minimum absolute atomic E-state index is 0.259. The van der Waals surface area contributed by atoms with E-state index >= 15 is 0 Å². The van der Waals surface area contributed by atoms with Crippen molar-refractivity contribution in [1.82, 2.24) is 9.88 Å². The summed E-state index contributed by atoms with van der Waals surface area (Å²) in [4.78, 5) is 20.0. The third-order valence-electron chi connectivity index (χ3n) is 3.63. The van der Waals surface area contributed by atoms with E-state index in [1.807, 2.05) is 0 Å². The van der Waals surface area contributed by atoms with Crippen LogP contribution in [0.4, 0.5) is 11.5 Å². The first-order chi connectivity index (χ1) is 9.02. The van der Waals surface area contributed by atoms with Gasteiger partial charge in [-0.2, -0.15) is 0 Å². The minimum Gasteiger partial charge on any atom is -0.396 e. The number of primary amides is 1. The Morgan fingerprint density at radius 2 is 2.21 bits per heavy atom. The van der Waals surface area contributed by atoms with Gasteiger partial charge >= 0.3 is 0 Å². The fourth-order valence-corrected chi connectivity index (χ4v) is 2.51. The summed E-state index contributed by atoms with van der Waals surface area (Å²) < 4.78 is 0. The van der Waals surface area contributed by atoms with E-state index in [4.69, 9.17) is 11.5 Å². The van der Waals surface area contributed by atoms with Crippen LogP contribution < -0.4 is 16.4 Å². The summed E-state index contributed by atoms with van der Waals surface area (Å²) in [6.07, 6.45) is 0. The third kappa shape index (κ3) is 2.78. The van der Waals surface area contributed by atoms with Crippen molar-refractivity contribution in [1.29, 1.82) is 0 Å². The number of nitrogen functional groups attached to an aromatic ring is 1. The van der Waals surface area contributed by atoms with Gasteiger partial charge < -0.3 is 16.4 Å². The number of nitrogens with two attached hydrogens (primary N) is 2. The lowest BCUT2D eigenvalue weighted by Crippen LogP contribution is -2.52. The number of hydrogen-bond acceptors (Lipinski definition) is 5. The van der Waals surface area contributed by atoms with Gasteiger partial charge in [0, 0.05) is 25.7 Å². The lowest BCUT2D eigenvalue weighted by atomic mass is 10.2. The summed E-state index contributed by atoms with van der Waals surface area (Å²) in [5, 5.41) is 0. The van der Waals surface area contributed by atoms with Crippen molar-refractivity contribution in [3.63, 3.8) is 0 Å². The molecule has 6 nitrogen and oxygen atoms in total. The Morgan fingerprint density at radius 3 is 2.79 bits per heavy atom. The minimum atomic E-state index is -0.526. The number of piperazine rings is 1. The highest BCUT2D eigenvalue weighted by molar-refractivity contribution is 5.91. The van der Waals surface area contributed by atoms with E-state index in [-0.39, 0.29) is 5.69 Å². The number of amides is 1. The number of likely N-dealkylation sites (N-methyl/N-ethyl adjacent to an activating group) is 1. The predicted octanol–water partition coefficient (Wildman–Crippen LogP) is 0.293. The summed E-state index contributed by atoms with van der Waals surface area (Å²) in [5.74, 6) is 0.139. The summed E-state index contributed by atoms with van der Waals surface area (Å²) in [6.45, 7) is 8.07. The fourth-order valence-electron chi connectivity index (χ4n) is 2.51. The van der Waals surface area contributed by atoms with Gasteiger partial charge in [-0.15, -0.1) is 0 Å². The molecule has 104 valence electrons. The van der Waals surface area contributed by atoms with E-state index in [1.165, 1.54) is 0 Å². The Kier molecular flexibility index (Phi) is 3.90. The average molecular weight is 263 g/mol. The number of aromatic nitrogens is 1. The first-order valence-electron chi connectivity index (χ1n) is 6.58. The van der Waals surface area contributed by atoms with Crippen LogP contribution in [-0.2, 0) is 0 Å². The molecule has 6 heteroatoms. The van der Waals surface area contributed by atoms with Gasteiger partial charge in [-0.05, 0) is 25.6 Å². The lowest BCUT2D eigenvalue weighted by molar-refractivity contribution is 0.0995. The van der Waals surface area contributed by atoms with Crippen molar-refractivity contribution in [2.24, 2.45) is 5.73 Å². The van der Waals surface area contributed by atoms with Gasteiger partial charge in [0.1, 0.15) is 5.69 Å². The second-order valence-electron chi connectivity index (χ2n) is 4.90. The molecule has 1 aliphatic heterocycles. The summed E-state index contributed by atoms with van der Waals surface area (Å²) >= 11 is 0. The molecular formula is C13H21N5O. The predicted molar refractivity (Wildman–Crippen MR) is 76.1 cm³/mol. The van der Waals surface area contributed by atoms with Crippen LogP contribution in [0.3, 0.4) is 0 Å². The van der Waals surface area contributed by atoms with Crippen LogP contribution >= 0.6 is 0 Å². The highest BCUT2D eigenvalue weighted by Gasteiger charge is 2.24. The van der Waals surface area contributed by atoms with Gasteiger partial charge in [0.25, 0.3) is 5.91 Å². The molecule has 19 heavy (non-hydrogen) atoms. The molecule has 1 aromatic heterocycles. The molecule has 2 heterocycles. The van der Waals surface area contributed by atoms with E-state index in [0.717, 1.165) is 26.2 Å². The Hall–Kier alpha value is -1.82. The molecule has 0 saturated carbocycles. The van der Waals surface area contributed by atoms with Crippen LogP contribution in [0.25, 0.3) is 0 Å². The molecule has 1 atom stereocenters. The highest BCUT2D eigenvalue weighted by Crippen LogP contribution is 2.23. The zero-order valence-electron chi connectivity index (χ0n) is 11.5. The molecule has 0 aliphatic carbocycles. The Labute approximate surface area is 113 Å². The SMILES string of the molecule is CCN1CCN(c2nc(C(N)=O)ccc2N)CC1C. The van der Waals surface area contributed by atoms with E-state index in [1.54, 1.807) is 12.1 Å². The van der Waals surface area contributed by atoms with E-state index in [0.29, 0.717) is 17.5 Å². The second-order valence-corrected chi connectivity index (χ2v) is 4.90. The van der Waals surface area contributed by atoms with Crippen LogP contribution in [0.5, 0.6) is 0 Å². The molecular weight excluding hydrogens is 242 g/mol. The van der Waals surface area contributed by atoms with E-state index < -0.39 is 5.91 Å². The molecule has 4 N–H and O–H groups in total. The van der Waals surface area contributed by atoms with Crippen molar-refractivity contribution >= 4 is 17.4 Å². The number of carbonyl (C=O) groups excluding carboxylic acids is 1. The smallest absolute Gasteiger partial charge is 0.267 e. The maximum atomic E-state index is 11.2. The first kappa shape index (κ1) is 13.6. The molecule has 0 radical (unpaired) electrons. The van der Waals surface area contributed by atoms with Gasteiger partial charge in [-0.3, -0.25) is 9.69 Å². The topological polar surface area (TPSA) is 88.5 Å². The molecule has 0 spiro atoms. The van der Waals surface area contributed by atoms with Crippen LogP contribution in [-0.4, -0.2) is 48.0 Å². The number of hydrogen-bond donors (Lipinski definition) is 2. The van der Waals surface area contributed by atoms with Crippen molar-refractivity contribution in [2.75, 3.05) is 36.8 Å². The summed E-state index contributed by atoms with van der Waals surface area (Å²) in [6, 6.07) is 3.70. The normalized spacial score (nSPS) is 20.5. The van der Waals surface area contributed by atoms with E-state index in [2.05, 4.69) is 28.6 Å². The third-order valence-corrected chi connectivity index (χ3v) is 3.63. The largest absolute Gasteiger partial charge is 0.396 e. The van der Waals surface area contributed by atoms with Crippen LogP contribution in [0.2, 0.25) is 0 Å². The van der Waals surface area contributed by atoms with Crippen molar-refractivity contribution < 1.29 is 4.79 Å². The molecule has 0 bridgehead atoms.